The molecule has 0 radical (unpaired) electrons. The maximum absolute atomic E-state index is 13.7. The molecule has 3 rings (SSSR count). The third kappa shape index (κ3) is 5.78. The molecule has 0 fully saturated rings. The van der Waals surface area contributed by atoms with Gasteiger partial charge in [-0.05, 0) is 62.1 Å². The number of hydrogen-bond acceptors (Lipinski definition) is 4. The van der Waals surface area contributed by atoms with Gasteiger partial charge in [0.2, 0.25) is 0 Å². The summed E-state index contributed by atoms with van der Waals surface area (Å²) in [5.41, 5.74) is 2.14. The Morgan fingerprint density at radius 1 is 1.05 bits per heavy atom. The van der Waals surface area contributed by atoms with Crippen molar-refractivity contribution in [2.45, 2.75) is 59.6 Å². The van der Waals surface area contributed by atoms with Gasteiger partial charge in [-0.2, -0.15) is 0 Å². The molecule has 3 aromatic rings. The lowest BCUT2D eigenvalue weighted by atomic mass is 9.69. The minimum atomic E-state index is -1.21. The van der Waals surface area contributed by atoms with Crippen LogP contribution in [0.25, 0.3) is 28.1 Å². The number of hydrogen-bond donors (Lipinski definition) is 0. The molecule has 0 aliphatic rings. The molecule has 2 atom stereocenters. The van der Waals surface area contributed by atoms with Crippen molar-refractivity contribution in [2.75, 3.05) is 7.11 Å². The lowest BCUT2D eigenvalue weighted by Gasteiger charge is -2.42. The van der Waals surface area contributed by atoms with E-state index >= 15 is 0 Å². The summed E-state index contributed by atoms with van der Waals surface area (Å²) < 4.78 is 26.7. The van der Waals surface area contributed by atoms with E-state index in [1.54, 1.807) is 25.1 Å². The first-order valence-electron chi connectivity index (χ1n) is 12.6. The van der Waals surface area contributed by atoms with Crippen LogP contribution in [0.1, 0.15) is 59.7 Å². The minimum Gasteiger partial charge on any atom is -0.467 e. The monoisotopic (exact) mass is 523 g/mol. The van der Waals surface area contributed by atoms with E-state index in [1.807, 2.05) is 45.0 Å². The lowest BCUT2D eigenvalue weighted by Crippen LogP contribution is -2.51. The highest BCUT2D eigenvalue weighted by atomic mass is 28.2. The predicted molar refractivity (Wildman–Crippen MR) is 151 cm³/mol. The van der Waals surface area contributed by atoms with Crippen molar-refractivity contribution in [2.24, 2.45) is 11.3 Å². The summed E-state index contributed by atoms with van der Waals surface area (Å²) in [5, 5.41) is 1.03. The van der Waals surface area contributed by atoms with E-state index in [-0.39, 0.29) is 29.5 Å². The number of ketones is 1. The fourth-order valence-electron chi connectivity index (χ4n) is 5.26. The molecule has 0 saturated carbocycles. The van der Waals surface area contributed by atoms with Crippen molar-refractivity contribution in [3.8, 4) is 11.1 Å². The Hall–Kier alpha value is -3.03. The number of ether oxygens (including phenoxy) is 1. The molecule has 0 spiro atoms. The highest BCUT2D eigenvalue weighted by molar-refractivity contribution is 6.03. The molecule has 0 aliphatic heterocycles. The molecule has 2 aromatic carbocycles. The van der Waals surface area contributed by atoms with E-state index in [0.717, 1.165) is 27.7 Å². The Kier molecular flexibility index (Phi) is 8.60. The van der Waals surface area contributed by atoms with Crippen LogP contribution in [-0.2, 0) is 18.8 Å². The van der Waals surface area contributed by atoms with Gasteiger partial charge in [-0.25, -0.2) is 9.18 Å². The van der Waals surface area contributed by atoms with Crippen LogP contribution in [0.5, 0.6) is 0 Å². The number of aromatic nitrogens is 1. The average Bonchev–Trinajstić information content (AvgIpc) is 3.19. The number of esters is 1. The number of rotatable bonds is 9. The van der Waals surface area contributed by atoms with Crippen LogP contribution in [-0.4, -0.2) is 39.5 Å². The summed E-state index contributed by atoms with van der Waals surface area (Å²) >= 11 is 0. The second-order valence-electron chi connectivity index (χ2n) is 11.0. The predicted octanol–water partition coefficient (Wildman–Crippen LogP) is 5.89. The van der Waals surface area contributed by atoms with Crippen LogP contribution >= 0.6 is 0 Å². The SMILES string of the molecule is COC(=O)C(C)(O[SiH3])C(CC(=O)C=Cc1c(-c2ccc(F)cc2)c2ccccc2n1C(C)C)C(C)(C)C. The minimum absolute atomic E-state index is 0.112. The number of benzene rings is 2. The van der Waals surface area contributed by atoms with Gasteiger partial charge in [0.1, 0.15) is 16.3 Å². The molecule has 7 heteroatoms. The smallest absolute Gasteiger partial charge is 0.336 e. The zero-order chi connectivity index (χ0) is 27.5. The lowest BCUT2D eigenvalue weighted by molar-refractivity contribution is -0.167. The molecule has 1 heterocycles. The van der Waals surface area contributed by atoms with Crippen molar-refractivity contribution in [3.63, 3.8) is 0 Å². The fraction of sp³-hybridized carbons (Fsp3) is 0.400. The Labute approximate surface area is 222 Å². The quantitative estimate of drug-likeness (QED) is 0.199. The van der Waals surface area contributed by atoms with Gasteiger partial charge in [0.15, 0.2) is 11.4 Å². The van der Waals surface area contributed by atoms with Crippen molar-refractivity contribution in [3.05, 3.63) is 66.1 Å². The molecule has 5 nitrogen and oxygen atoms in total. The van der Waals surface area contributed by atoms with E-state index in [0.29, 0.717) is 10.5 Å². The molecule has 198 valence electrons. The van der Waals surface area contributed by atoms with E-state index < -0.39 is 17.5 Å². The standard InChI is InChI=1S/C30H38FNO4Si/c1-19(2)32-24-11-9-8-10-23(24)27(20-12-14-21(31)15-13-20)25(32)17-16-22(33)18-26(29(3,4)5)30(6,36-37)28(34)35-7/h8-17,19,26H,18H2,1-7,37H3. The molecule has 37 heavy (non-hydrogen) atoms. The second-order valence-corrected chi connectivity index (χ2v) is 11.4. The summed E-state index contributed by atoms with van der Waals surface area (Å²) in [7, 11) is 1.67. The Bertz CT molecular complexity index is 1300. The van der Waals surface area contributed by atoms with E-state index in [4.69, 9.17) is 9.16 Å². The molecule has 0 aliphatic carbocycles. The van der Waals surface area contributed by atoms with E-state index in [2.05, 4.69) is 24.5 Å². The number of para-hydroxylation sites is 1. The molecular formula is C30H38FNO4Si. The van der Waals surface area contributed by atoms with Crippen LogP contribution < -0.4 is 0 Å². The van der Waals surface area contributed by atoms with Gasteiger partial charge < -0.3 is 13.7 Å². The van der Waals surface area contributed by atoms with Crippen LogP contribution in [0.4, 0.5) is 4.39 Å². The Morgan fingerprint density at radius 3 is 2.22 bits per heavy atom. The van der Waals surface area contributed by atoms with Crippen molar-refractivity contribution >= 4 is 39.2 Å². The summed E-state index contributed by atoms with van der Waals surface area (Å²) in [6, 6.07) is 14.6. The largest absolute Gasteiger partial charge is 0.467 e. The van der Waals surface area contributed by atoms with Gasteiger partial charge in [0.05, 0.1) is 12.8 Å². The van der Waals surface area contributed by atoms with Crippen LogP contribution in [0.2, 0.25) is 0 Å². The van der Waals surface area contributed by atoms with Crippen molar-refractivity contribution in [1.82, 2.24) is 4.57 Å². The second kappa shape index (κ2) is 11.2. The molecule has 2 unspecified atom stereocenters. The van der Waals surface area contributed by atoms with Crippen molar-refractivity contribution in [1.29, 1.82) is 0 Å². The molecule has 0 amide bonds. The first kappa shape index (κ1) is 28.5. The van der Waals surface area contributed by atoms with E-state index in [1.165, 1.54) is 19.2 Å². The van der Waals surface area contributed by atoms with Gasteiger partial charge in [-0.1, -0.05) is 51.1 Å². The topological polar surface area (TPSA) is 57.5 Å². The zero-order valence-electron chi connectivity index (χ0n) is 23.1. The van der Waals surface area contributed by atoms with Crippen LogP contribution in [0.15, 0.2) is 54.6 Å². The van der Waals surface area contributed by atoms with Gasteiger partial charge in [0, 0.05) is 34.8 Å². The van der Waals surface area contributed by atoms with Crippen LogP contribution in [0, 0.1) is 17.2 Å². The van der Waals surface area contributed by atoms with Crippen molar-refractivity contribution < 1.29 is 23.1 Å². The number of allylic oxidation sites excluding steroid dienone is 1. The Morgan fingerprint density at radius 2 is 1.68 bits per heavy atom. The number of carbonyl (C=O) groups excluding carboxylic acids is 2. The molecule has 0 saturated heterocycles. The third-order valence-corrected chi connectivity index (χ3v) is 8.00. The Balaban J connectivity index is 2.10. The molecule has 1 aromatic heterocycles. The fourth-order valence-corrected chi connectivity index (χ4v) is 5.71. The van der Waals surface area contributed by atoms with E-state index in [9.17, 15) is 14.0 Å². The first-order valence-corrected chi connectivity index (χ1v) is 13.4. The first-order chi connectivity index (χ1) is 17.3. The summed E-state index contributed by atoms with van der Waals surface area (Å²) in [5.74, 6) is -1.28. The van der Waals surface area contributed by atoms with Gasteiger partial charge in [0.25, 0.3) is 0 Å². The molecular weight excluding hydrogens is 485 g/mol. The number of methoxy groups -OCH3 is 1. The summed E-state index contributed by atoms with van der Waals surface area (Å²) in [4.78, 5) is 26.1. The summed E-state index contributed by atoms with van der Waals surface area (Å²) in [6.45, 7) is 11.9. The number of fused-ring (bicyclic) bond motifs is 1. The number of carbonyl (C=O) groups is 2. The third-order valence-electron chi connectivity index (χ3n) is 7.16. The number of nitrogens with zero attached hydrogens (tertiary/aromatic N) is 1. The maximum atomic E-state index is 13.7. The summed E-state index contributed by atoms with van der Waals surface area (Å²) in [6.07, 6.45) is 3.56. The average molecular weight is 524 g/mol. The van der Waals surface area contributed by atoms with Crippen LogP contribution in [0.3, 0.4) is 0 Å². The maximum Gasteiger partial charge on any atom is 0.336 e. The highest BCUT2D eigenvalue weighted by Gasteiger charge is 2.48. The van der Waals surface area contributed by atoms with Gasteiger partial charge in [-0.3, -0.25) is 4.79 Å². The number of halogens is 1. The molecule has 0 bridgehead atoms. The van der Waals surface area contributed by atoms with Gasteiger partial charge in [-0.15, -0.1) is 0 Å². The molecule has 0 N–H and O–H groups in total. The normalized spacial score (nSPS) is 14.8. The highest BCUT2D eigenvalue weighted by Crippen LogP contribution is 2.41. The zero-order valence-corrected chi connectivity index (χ0v) is 25.1. The van der Waals surface area contributed by atoms with Gasteiger partial charge >= 0.3 is 5.97 Å².